The second kappa shape index (κ2) is 11.4. The molecule has 1 fully saturated rings. The van der Waals surface area contributed by atoms with Crippen molar-refractivity contribution in [2.75, 3.05) is 39.4 Å². The molecule has 6 nitrogen and oxygen atoms in total. The van der Waals surface area contributed by atoms with E-state index in [1.54, 1.807) is 0 Å². The van der Waals surface area contributed by atoms with Gasteiger partial charge in [0.15, 0.2) is 5.11 Å². The molecule has 1 saturated heterocycles. The zero-order valence-electron chi connectivity index (χ0n) is 19.2. The number of H-pyrrole nitrogens is 1. The largest absolute Gasteiger partial charge is 0.379 e. The quantitative estimate of drug-likeness (QED) is 0.498. The van der Waals surface area contributed by atoms with Crippen molar-refractivity contribution in [1.82, 2.24) is 20.1 Å². The molecule has 0 saturated carbocycles. The monoisotopic (exact) mass is 464 g/mol. The second-order valence-electron chi connectivity index (χ2n) is 8.59. The van der Waals surface area contributed by atoms with Gasteiger partial charge in [0.1, 0.15) is 0 Å². The van der Waals surface area contributed by atoms with Crippen LogP contribution in [-0.4, -0.2) is 59.3 Å². The van der Waals surface area contributed by atoms with Crippen molar-refractivity contribution < 1.29 is 4.74 Å². The minimum Gasteiger partial charge on any atom is -0.379 e. The summed E-state index contributed by atoms with van der Waals surface area (Å²) in [7, 11) is 0. The van der Waals surface area contributed by atoms with Gasteiger partial charge in [0.2, 0.25) is 0 Å². The SMILES string of the molecule is Cc1ccc2cc(CN(CCCN3CCOCC3)C(=S)NCc3ccccc3)c(=O)[nH]c2c1. The highest BCUT2D eigenvalue weighted by atomic mass is 32.1. The number of pyridine rings is 1. The van der Waals surface area contributed by atoms with Crippen molar-refractivity contribution in [2.45, 2.75) is 26.4 Å². The fourth-order valence-electron chi connectivity index (χ4n) is 4.13. The summed E-state index contributed by atoms with van der Waals surface area (Å²) in [4.78, 5) is 20.4. The van der Waals surface area contributed by atoms with Crippen LogP contribution in [0.4, 0.5) is 0 Å². The van der Waals surface area contributed by atoms with E-state index in [-0.39, 0.29) is 5.56 Å². The molecule has 0 spiro atoms. The van der Waals surface area contributed by atoms with Gasteiger partial charge in [0.25, 0.3) is 5.56 Å². The number of thiocarbonyl (C=S) groups is 1. The van der Waals surface area contributed by atoms with E-state index in [0.29, 0.717) is 18.2 Å². The van der Waals surface area contributed by atoms with Gasteiger partial charge >= 0.3 is 0 Å². The Morgan fingerprint density at radius 3 is 2.73 bits per heavy atom. The molecule has 4 rings (SSSR count). The first kappa shape index (κ1) is 23.4. The summed E-state index contributed by atoms with van der Waals surface area (Å²) >= 11 is 5.77. The van der Waals surface area contributed by atoms with E-state index in [2.05, 4.69) is 44.4 Å². The standard InChI is InChI=1S/C26H32N4O2S/c1-20-8-9-22-17-23(25(31)28-24(22)16-20)19-30(11-5-10-29-12-14-32-15-13-29)26(33)27-18-21-6-3-2-4-7-21/h2-4,6-9,16-17H,5,10-15,18-19H2,1H3,(H,27,33)(H,28,31). The summed E-state index contributed by atoms with van der Waals surface area (Å²) in [6.07, 6.45) is 0.970. The van der Waals surface area contributed by atoms with Gasteiger partial charge in [-0.15, -0.1) is 0 Å². The molecular formula is C26H32N4O2S. The maximum atomic E-state index is 12.8. The number of benzene rings is 2. The first-order valence-corrected chi connectivity index (χ1v) is 12.0. The molecule has 1 aromatic heterocycles. The number of rotatable bonds is 8. The molecule has 0 aliphatic carbocycles. The van der Waals surface area contributed by atoms with Crippen LogP contribution < -0.4 is 10.9 Å². The zero-order valence-corrected chi connectivity index (χ0v) is 20.0. The molecule has 0 unspecified atom stereocenters. The van der Waals surface area contributed by atoms with Gasteiger partial charge in [-0.25, -0.2) is 0 Å². The van der Waals surface area contributed by atoms with Crippen molar-refractivity contribution in [3.63, 3.8) is 0 Å². The van der Waals surface area contributed by atoms with Crippen LogP contribution in [0.25, 0.3) is 10.9 Å². The highest BCUT2D eigenvalue weighted by Gasteiger charge is 2.15. The Morgan fingerprint density at radius 2 is 1.94 bits per heavy atom. The van der Waals surface area contributed by atoms with Crippen molar-refractivity contribution in [3.8, 4) is 0 Å². The van der Waals surface area contributed by atoms with Crippen LogP contribution in [0.15, 0.2) is 59.4 Å². The number of nitrogens with zero attached hydrogens (tertiary/aromatic N) is 2. The van der Waals surface area contributed by atoms with Crippen molar-refractivity contribution in [3.05, 3.63) is 81.6 Å². The lowest BCUT2D eigenvalue weighted by molar-refractivity contribution is 0.0367. The number of hydrogen-bond acceptors (Lipinski definition) is 4. The Labute approximate surface area is 200 Å². The zero-order chi connectivity index (χ0) is 23.0. The highest BCUT2D eigenvalue weighted by molar-refractivity contribution is 7.80. The summed E-state index contributed by atoms with van der Waals surface area (Å²) < 4.78 is 5.45. The first-order chi connectivity index (χ1) is 16.1. The number of aryl methyl sites for hydroxylation is 1. The maximum absolute atomic E-state index is 12.8. The first-order valence-electron chi connectivity index (χ1n) is 11.6. The summed E-state index contributed by atoms with van der Waals surface area (Å²) in [5.74, 6) is 0. The number of morpholine rings is 1. The van der Waals surface area contributed by atoms with Crippen LogP contribution in [0.3, 0.4) is 0 Å². The van der Waals surface area contributed by atoms with Crippen LogP contribution >= 0.6 is 12.2 Å². The van der Waals surface area contributed by atoms with Crippen LogP contribution in [0.5, 0.6) is 0 Å². The number of aromatic amines is 1. The lowest BCUT2D eigenvalue weighted by Gasteiger charge is -2.29. The summed E-state index contributed by atoms with van der Waals surface area (Å²) in [5.41, 5.74) is 3.83. The predicted octanol–water partition coefficient (Wildman–Crippen LogP) is 3.44. The normalized spacial score (nSPS) is 14.3. The van der Waals surface area contributed by atoms with Gasteiger partial charge in [0, 0.05) is 43.8 Å². The molecule has 3 aromatic rings. The molecule has 2 N–H and O–H groups in total. The number of hydrogen-bond donors (Lipinski definition) is 2. The fourth-order valence-corrected chi connectivity index (χ4v) is 4.36. The minimum absolute atomic E-state index is 0.0582. The fraction of sp³-hybridized carbons (Fsp3) is 0.385. The molecule has 174 valence electrons. The number of nitrogens with one attached hydrogen (secondary N) is 2. The third kappa shape index (κ3) is 6.63. The van der Waals surface area contributed by atoms with E-state index in [1.165, 1.54) is 5.56 Å². The van der Waals surface area contributed by atoms with E-state index in [1.807, 2.05) is 37.3 Å². The summed E-state index contributed by atoms with van der Waals surface area (Å²) in [6.45, 7) is 8.48. The highest BCUT2D eigenvalue weighted by Crippen LogP contribution is 2.14. The molecule has 2 aromatic carbocycles. The van der Waals surface area contributed by atoms with Gasteiger partial charge in [-0.1, -0.05) is 42.5 Å². The molecule has 1 aliphatic rings. The summed E-state index contributed by atoms with van der Waals surface area (Å²) in [6, 6.07) is 18.3. The Hall–Kier alpha value is -2.74. The summed E-state index contributed by atoms with van der Waals surface area (Å²) in [5, 5.41) is 5.09. The number of fused-ring (bicyclic) bond motifs is 1. The molecule has 1 aliphatic heterocycles. The van der Waals surface area contributed by atoms with E-state index in [0.717, 1.165) is 67.8 Å². The third-order valence-electron chi connectivity index (χ3n) is 6.02. The predicted molar refractivity (Wildman–Crippen MR) is 137 cm³/mol. The molecule has 0 amide bonds. The van der Waals surface area contributed by atoms with Gasteiger partial charge in [-0.2, -0.15) is 0 Å². The maximum Gasteiger partial charge on any atom is 0.253 e. The Balaban J connectivity index is 1.46. The van der Waals surface area contributed by atoms with E-state index in [4.69, 9.17) is 17.0 Å². The van der Waals surface area contributed by atoms with E-state index < -0.39 is 0 Å². The van der Waals surface area contributed by atoms with Gasteiger partial charge in [-0.3, -0.25) is 9.69 Å². The van der Waals surface area contributed by atoms with Crippen molar-refractivity contribution >= 4 is 28.2 Å². The van der Waals surface area contributed by atoms with Crippen molar-refractivity contribution in [2.24, 2.45) is 0 Å². The van der Waals surface area contributed by atoms with E-state index in [9.17, 15) is 4.79 Å². The van der Waals surface area contributed by atoms with Crippen LogP contribution in [0.1, 0.15) is 23.1 Å². The molecule has 0 bridgehead atoms. The number of aromatic nitrogens is 1. The molecule has 33 heavy (non-hydrogen) atoms. The smallest absolute Gasteiger partial charge is 0.253 e. The Kier molecular flexibility index (Phi) is 8.10. The molecule has 2 heterocycles. The Morgan fingerprint density at radius 1 is 1.15 bits per heavy atom. The lowest BCUT2D eigenvalue weighted by Crippen LogP contribution is -2.42. The van der Waals surface area contributed by atoms with Gasteiger partial charge < -0.3 is 19.9 Å². The average molecular weight is 465 g/mol. The Bertz CT molecular complexity index is 1130. The van der Waals surface area contributed by atoms with Crippen LogP contribution in [-0.2, 0) is 17.8 Å². The topological polar surface area (TPSA) is 60.6 Å². The number of ether oxygens (including phenoxy) is 1. The molecular weight excluding hydrogens is 432 g/mol. The van der Waals surface area contributed by atoms with Crippen LogP contribution in [0.2, 0.25) is 0 Å². The lowest BCUT2D eigenvalue weighted by atomic mass is 10.1. The average Bonchev–Trinajstić information content (AvgIpc) is 2.83. The van der Waals surface area contributed by atoms with Crippen molar-refractivity contribution in [1.29, 1.82) is 0 Å². The van der Waals surface area contributed by atoms with E-state index >= 15 is 0 Å². The third-order valence-corrected chi connectivity index (χ3v) is 6.42. The minimum atomic E-state index is -0.0582. The molecule has 0 atom stereocenters. The molecule has 0 radical (unpaired) electrons. The van der Waals surface area contributed by atoms with Gasteiger partial charge in [-0.05, 0) is 54.2 Å². The van der Waals surface area contributed by atoms with Gasteiger partial charge in [0.05, 0.1) is 19.8 Å². The molecule has 7 heteroatoms. The van der Waals surface area contributed by atoms with Crippen LogP contribution in [0, 0.1) is 6.92 Å². The second-order valence-corrected chi connectivity index (χ2v) is 8.97.